The number of ether oxygens (including phenoxy) is 1. The average molecular weight is 260 g/mol. The Hall–Kier alpha value is -1.88. The first kappa shape index (κ1) is 12.2. The molecular weight excluding hydrogens is 244 g/mol. The Morgan fingerprint density at radius 2 is 2.26 bits per heavy atom. The maximum atomic E-state index is 9.30. The summed E-state index contributed by atoms with van der Waals surface area (Å²) in [6.07, 6.45) is 0.762. The topological polar surface area (TPSA) is 68.4 Å². The fraction of sp³-hybridized carbons (Fsp3) is 0.429. The van der Waals surface area contributed by atoms with Gasteiger partial charge in [-0.05, 0) is 25.0 Å². The molecule has 100 valence electrons. The smallest absolute Gasteiger partial charge is 0.229 e. The van der Waals surface area contributed by atoms with Crippen molar-refractivity contribution in [1.82, 2.24) is 10.1 Å². The lowest BCUT2D eigenvalue weighted by atomic mass is 9.96. The normalized spacial score (nSPS) is 19.6. The van der Waals surface area contributed by atoms with Gasteiger partial charge in [0.05, 0.1) is 25.0 Å². The molecule has 2 aromatic rings. The molecule has 0 aliphatic carbocycles. The molecule has 0 amide bonds. The third-order valence-corrected chi connectivity index (χ3v) is 3.20. The molecule has 19 heavy (non-hydrogen) atoms. The van der Waals surface area contributed by atoms with E-state index < -0.39 is 6.10 Å². The van der Waals surface area contributed by atoms with Crippen LogP contribution in [-0.4, -0.2) is 28.0 Å². The Kier molecular flexibility index (Phi) is 3.21. The van der Waals surface area contributed by atoms with Gasteiger partial charge in [-0.25, -0.2) is 0 Å². The van der Waals surface area contributed by atoms with E-state index in [4.69, 9.17) is 9.26 Å². The molecule has 1 N–H and O–H groups in total. The number of rotatable bonds is 3. The van der Waals surface area contributed by atoms with Crippen LogP contribution in [0.2, 0.25) is 0 Å². The van der Waals surface area contributed by atoms with Gasteiger partial charge in [-0.2, -0.15) is 4.98 Å². The molecule has 0 saturated carbocycles. The van der Waals surface area contributed by atoms with Crippen LogP contribution < -0.4 is 4.74 Å². The molecule has 5 heteroatoms. The summed E-state index contributed by atoms with van der Waals surface area (Å²) in [7, 11) is 0. The molecule has 1 aromatic heterocycles. The van der Waals surface area contributed by atoms with Gasteiger partial charge in [0.1, 0.15) is 5.75 Å². The highest BCUT2D eigenvalue weighted by Gasteiger charge is 2.25. The summed E-state index contributed by atoms with van der Waals surface area (Å²) >= 11 is 0. The van der Waals surface area contributed by atoms with Crippen LogP contribution in [0.4, 0.5) is 0 Å². The van der Waals surface area contributed by atoms with Gasteiger partial charge in [0.15, 0.2) is 5.82 Å². The van der Waals surface area contributed by atoms with Crippen molar-refractivity contribution >= 4 is 0 Å². The second-order valence-corrected chi connectivity index (χ2v) is 4.92. The van der Waals surface area contributed by atoms with Gasteiger partial charge in [-0.3, -0.25) is 0 Å². The van der Waals surface area contributed by atoms with E-state index in [2.05, 4.69) is 16.2 Å². The molecule has 0 radical (unpaired) electrons. The van der Waals surface area contributed by atoms with Crippen molar-refractivity contribution < 1.29 is 14.4 Å². The Labute approximate surface area is 111 Å². The third kappa shape index (κ3) is 2.61. The molecule has 2 heterocycles. The molecule has 0 saturated heterocycles. The monoisotopic (exact) mass is 260 g/mol. The van der Waals surface area contributed by atoms with E-state index >= 15 is 0 Å². The second kappa shape index (κ2) is 5.01. The Bertz CT molecular complexity index is 565. The van der Waals surface area contributed by atoms with Crippen molar-refractivity contribution in [3.8, 4) is 5.75 Å². The number of aliphatic hydroxyl groups is 1. The summed E-state index contributed by atoms with van der Waals surface area (Å²) in [6, 6.07) is 7.99. The van der Waals surface area contributed by atoms with Gasteiger partial charge < -0.3 is 14.4 Å². The molecule has 2 unspecified atom stereocenters. The maximum absolute atomic E-state index is 9.30. The standard InChI is InChI=1S/C14H16N2O3/c1-9(17)6-13-15-14(16-19-13)11-7-10-4-2-3-5-12(10)18-8-11/h2-5,9,11,17H,6-8H2,1H3. The molecule has 0 spiro atoms. The van der Waals surface area contributed by atoms with E-state index in [1.807, 2.05) is 18.2 Å². The highest BCUT2D eigenvalue weighted by atomic mass is 16.5. The first-order chi connectivity index (χ1) is 9.22. The van der Waals surface area contributed by atoms with Crippen LogP contribution in [0, 0.1) is 0 Å². The summed E-state index contributed by atoms with van der Waals surface area (Å²) in [5.41, 5.74) is 1.17. The van der Waals surface area contributed by atoms with Crippen LogP contribution in [-0.2, 0) is 12.8 Å². The number of aromatic nitrogens is 2. The van der Waals surface area contributed by atoms with Crippen molar-refractivity contribution in [2.24, 2.45) is 0 Å². The van der Waals surface area contributed by atoms with Crippen LogP contribution in [0.3, 0.4) is 0 Å². The molecule has 2 atom stereocenters. The Morgan fingerprint density at radius 1 is 1.42 bits per heavy atom. The highest BCUT2D eigenvalue weighted by molar-refractivity contribution is 5.36. The molecule has 5 nitrogen and oxygen atoms in total. The minimum absolute atomic E-state index is 0.112. The number of hydrogen-bond donors (Lipinski definition) is 1. The van der Waals surface area contributed by atoms with Crippen molar-refractivity contribution in [3.05, 3.63) is 41.5 Å². The van der Waals surface area contributed by atoms with Crippen LogP contribution in [0.25, 0.3) is 0 Å². The zero-order valence-electron chi connectivity index (χ0n) is 10.7. The van der Waals surface area contributed by atoms with E-state index in [-0.39, 0.29) is 5.92 Å². The van der Waals surface area contributed by atoms with Gasteiger partial charge in [0.2, 0.25) is 5.89 Å². The van der Waals surface area contributed by atoms with Crippen molar-refractivity contribution in [1.29, 1.82) is 0 Å². The van der Waals surface area contributed by atoms with Crippen LogP contribution in [0.15, 0.2) is 28.8 Å². The number of nitrogens with zero attached hydrogens (tertiary/aromatic N) is 2. The molecule has 0 fully saturated rings. The van der Waals surface area contributed by atoms with Gasteiger partial charge in [0.25, 0.3) is 0 Å². The SMILES string of the molecule is CC(O)Cc1nc(C2COc3ccccc3C2)no1. The third-order valence-electron chi connectivity index (χ3n) is 3.20. The van der Waals surface area contributed by atoms with E-state index in [0.29, 0.717) is 24.7 Å². The predicted octanol–water partition coefficient (Wildman–Crippen LogP) is 1.71. The average Bonchev–Trinajstić information content (AvgIpc) is 2.86. The molecule has 1 aromatic carbocycles. The molecular formula is C14H16N2O3. The Balaban J connectivity index is 1.76. The summed E-state index contributed by atoms with van der Waals surface area (Å²) in [5, 5.41) is 13.3. The first-order valence-corrected chi connectivity index (χ1v) is 6.43. The first-order valence-electron chi connectivity index (χ1n) is 6.43. The highest BCUT2D eigenvalue weighted by Crippen LogP contribution is 2.30. The minimum atomic E-state index is -0.475. The van der Waals surface area contributed by atoms with E-state index in [1.165, 1.54) is 5.56 Å². The fourth-order valence-electron chi connectivity index (χ4n) is 2.26. The van der Waals surface area contributed by atoms with Crippen LogP contribution >= 0.6 is 0 Å². The predicted molar refractivity (Wildman–Crippen MR) is 68.1 cm³/mol. The Morgan fingerprint density at radius 3 is 3.11 bits per heavy atom. The minimum Gasteiger partial charge on any atom is -0.493 e. The molecule has 1 aliphatic heterocycles. The summed E-state index contributed by atoms with van der Waals surface area (Å²) in [4.78, 5) is 4.33. The zero-order chi connectivity index (χ0) is 13.2. The van der Waals surface area contributed by atoms with Crippen molar-refractivity contribution in [3.63, 3.8) is 0 Å². The van der Waals surface area contributed by atoms with E-state index in [9.17, 15) is 5.11 Å². The van der Waals surface area contributed by atoms with Crippen LogP contribution in [0.1, 0.15) is 30.1 Å². The summed E-state index contributed by atoms with van der Waals surface area (Å²) in [5.74, 6) is 2.18. The molecule has 0 bridgehead atoms. The van der Waals surface area contributed by atoms with E-state index in [1.54, 1.807) is 6.92 Å². The van der Waals surface area contributed by atoms with Crippen LogP contribution in [0.5, 0.6) is 5.75 Å². The van der Waals surface area contributed by atoms with E-state index in [0.717, 1.165) is 12.2 Å². The molecule has 3 rings (SSSR count). The zero-order valence-corrected chi connectivity index (χ0v) is 10.7. The lowest BCUT2D eigenvalue weighted by Gasteiger charge is -2.22. The van der Waals surface area contributed by atoms with Crippen molar-refractivity contribution in [2.45, 2.75) is 31.8 Å². The summed E-state index contributed by atoms with van der Waals surface area (Å²) in [6.45, 7) is 2.26. The fourth-order valence-corrected chi connectivity index (χ4v) is 2.26. The molecule has 1 aliphatic rings. The number of fused-ring (bicyclic) bond motifs is 1. The van der Waals surface area contributed by atoms with Gasteiger partial charge in [-0.15, -0.1) is 0 Å². The number of benzene rings is 1. The van der Waals surface area contributed by atoms with Gasteiger partial charge in [0, 0.05) is 0 Å². The summed E-state index contributed by atoms with van der Waals surface area (Å²) < 4.78 is 10.8. The largest absolute Gasteiger partial charge is 0.493 e. The second-order valence-electron chi connectivity index (χ2n) is 4.92. The van der Waals surface area contributed by atoms with Crippen molar-refractivity contribution in [2.75, 3.05) is 6.61 Å². The number of aliphatic hydroxyl groups excluding tert-OH is 1. The van der Waals surface area contributed by atoms with Gasteiger partial charge >= 0.3 is 0 Å². The number of hydrogen-bond acceptors (Lipinski definition) is 5. The lowest BCUT2D eigenvalue weighted by Crippen LogP contribution is -2.20. The maximum Gasteiger partial charge on any atom is 0.229 e. The lowest BCUT2D eigenvalue weighted by molar-refractivity contribution is 0.181. The quantitative estimate of drug-likeness (QED) is 0.910. The van der Waals surface area contributed by atoms with Gasteiger partial charge in [-0.1, -0.05) is 23.4 Å². The number of para-hydroxylation sites is 1.